The molecule has 0 radical (unpaired) electrons. The van der Waals surface area contributed by atoms with Gasteiger partial charge in [0.2, 0.25) is 0 Å². The van der Waals surface area contributed by atoms with Crippen LogP contribution in [0.1, 0.15) is 38.5 Å². The lowest BCUT2D eigenvalue weighted by Gasteiger charge is -2.40. The highest BCUT2D eigenvalue weighted by atomic mass is 16.6. The Morgan fingerprint density at radius 3 is 2.47 bits per heavy atom. The van der Waals surface area contributed by atoms with Crippen molar-refractivity contribution >= 4 is 17.4 Å². The second kappa shape index (κ2) is 9.46. The summed E-state index contributed by atoms with van der Waals surface area (Å²) in [6.45, 7) is 1.02. The molecule has 2 heterocycles. The molecule has 0 amide bonds. The zero-order chi connectivity index (χ0) is 24.6. The van der Waals surface area contributed by atoms with Gasteiger partial charge in [-0.15, -0.1) is 0 Å². The first-order valence-electron chi connectivity index (χ1n) is 12.8. The summed E-state index contributed by atoms with van der Waals surface area (Å²) in [7, 11) is 0. The zero-order valence-corrected chi connectivity index (χ0v) is 20.0. The number of nitro groups is 1. The van der Waals surface area contributed by atoms with Gasteiger partial charge in [0.1, 0.15) is 5.75 Å². The Balaban J connectivity index is 1.12. The molecule has 3 fully saturated rings. The normalized spacial score (nSPS) is 27.3. The summed E-state index contributed by atoms with van der Waals surface area (Å²) in [6.07, 6.45) is 8.59. The van der Waals surface area contributed by atoms with Gasteiger partial charge in [0.15, 0.2) is 5.76 Å². The van der Waals surface area contributed by atoms with Crippen LogP contribution in [-0.4, -0.2) is 45.7 Å². The third kappa shape index (κ3) is 4.51. The van der Waals surface area contributed by atoms with Crippen molar-refractivity contribution in [3.8, 4) is 17.1 Å². The van der Waals surface area contributed by atoms with Crippen LogP contribution >= 0.6 is 0 Å². The number of nitrogens with one attached hydrogen (secondary N) is 2. The van der Waals surface area contributed by atoms with Gasteiger partial charge in [-0.25, -0.2) is 4.98 Å². The van der Waals surface area contributed by atoms with E-state index in [2.05, 4.69) is 20.5 Å². The molecule has 3 N–H and O–H groups in total. The van der Waals surface area contributed by atoms with Gasteiger partial charge in [0.05, 0.1) is 11.1 Å². The molecule has 3 aromatic rings. The van der Waals surface area contributed by atoms with Crippen LogP contribution in [0.15, 0.2) is 59.1 Å². The maximum atomic E-state index is 11.0. The van der Waals surface area contributed by atoms with Gasteiger partial charge in [-0.2, -0.15) is 0 Å². The van der Waals surface area contributed by atoms with E-state index in [1.54, 1.807) is 30.5 Å². The molecule has 0 unspecified atom stereocenters. The third-order valence-corrected chi connectivity index (χ3v) is 8.03. The largest absolute Gasteiger partial charge is 0.508 e. The van der Waals surface area contributed by atoms with Gasteiger partial charge in [-0.05, 0) is 68.0 Å². The summed E-state index contributed by atoms with van der Waals surface area (Å²) in [4.78, 5) is 17.6. The van der Waals surface area contributed by atoms with Crippen molar-refractivity contribution in [2.45, 2.75) is 62.7 Å². The van der Waals surface area contributed by atoms with E-state index >= 15 is 0 Å². The van der Waals surface area contributed by atoms with E-state index in [4.69, 9.17) is 4.42 Å². The number of non-ortho nitro benzene ring substituents is 1. The number of rotatable bonds is 7. The second-order valence-corrected chi connectivity index (χ2v) is 10.3. The second-order valence-electron chi connectivity index (χ2n) is 10.3. The molecule has 5 atom stereocenters. The highest BCUT2D eigenvalue weighted by molar-refractivity contribution is 5.58. The van der Waals surface area contributed by atoms with Crippen LogP contribution in [0, 0.1) is 16.0 Å². The molecule has 9 heteroatoms. The fourth-order valence-corrected chi connectivity index (χ4v) is 6.30. The number of aromatic hydroxyl groups is 1. The van der Waals surface area contributed by atoms with Crippen LogP contribution in [0.3, 0.4) is 0 Å². The molecule has 2 aromatic carbocycles. The number of anilines is 2. The van der Waals surface area contributed by atoms with E-state index in [1.807, 2.05) is 24.3 Å². The Labute approximate surface area is 209 Å². The molecule has 6 rings (SSSR count). The van der Waals surface area contributed by atoms with Crippen molar-refractivity contribution in [1.82, 2.24) is 10.3 Å². The number of fused-ring (bicyclic) bond motifs is 2. The van der Waals surface area contributed by atoms with Crippen molar-refractivity contribution in [2.24, 2.45) is 5.92 Å². The van der Waals surface area contributed by atoms with Gasteiger partial charge in [-0.3, -0.25) is 10.1 Å². The van der Waals surface area contributed by atoms with Gasteiger partial charge in [0.25, 0.3) is 11.7 Å². The van der Waals surface area contributed by atoms with Gasteiger partial charge in [0, 0.05) is 54.1 Å². The summed E-state index contributed by atoms with van der Waals surface area (Å²) >= 11 is 0. The van der Waals surface area contributed by atoms with E-state index < -0.39 is 0 Å². The summed E-state index contributed by atoms with van der Waals surface area (Å²) < 4.78 is 5.99. The highest BCUT2D eigenvalue weighted by Crippen LogP contribution is 2.41. The number of piperidine rings is 1. The van der Waals surface area contributed by atoms with Crippen LogP contribution in [0.25, 0.3) is 11.3 Å². The number of hydrogen-bond acceptors (Lipinski definition) is 8. The predicted octanol–water partition coefficient (Wildman–Crippen LogP) is 4.94. The van der Waals surface area contributed by atoms with Crippen molar-refractivity contribution in [2.75, 3.05) is 16.8 Å². The smallest absolute Gasteiger partial charge is 0.295 e. The van der Waals surface area contributed by atoms with Crippen LogP contribution in [0.2, 0.25) is 0 Å². The Morgan fingerprint density at radius 1 is 1.00 bits per heavy atom. The quantitative estimate of drug-likeness (QED) is 0.316. The molecule has 9 nitrogen and oxygen atoms in total. The third-order valence-electron chi connectivity index (χ3n) is 8.03. The summed E-state index contributed by atoms with van der Waals surface area (Å²) in [5.74, 6) is 1.54. The van der Waals surface area contributed by atoms with E-state index in [-0.39, 0.29) is 22.4 Å². The monoisotopic (exact) mass is 489 g/mol. The Hall–Kier alpha value is -3.59. The summed E-state index contributed by atoms with van der Waals surface area (Å²) in [5, 5.41) is 28.1. The number of hydrogen-bond donors (Lipinski definition) is 3. The van der Waals surface area contributed by atoms with Gasteiger partial charge >= 0.3 is 0 Å². The minimum absolute atomic E-state index is 0.133. The highest BCUT2D eigenvalue weighted by Gasteiger charge is 2.46. The van der Waals surface area contributed by atoms with Crippen LogP contribution in [0.4, 0.5) is 17.4 Å². The molecule has 1 aliphatic heterocycles. The number of benzene rings is 2. The van der Waals surface area contributed by atoms with Crippen LogP contribution < -0.4 is 15.5 Å². The summed E-state index contributed by atoms with van der Waals surface area (Å²) in [5.41, 5.74) is 2.08. The van der Waals surface area contributed by atoms with E-state index in [0.717, 1.165) is 37.1 Å². The minimum atomic E-state index is -0.345. The van der Waals surface area contributed by atoms with E-state index in [1.165, 1.54) is 19.3 Å². The van der Waals surface area contributed by atoms with Crippen molar-refractivity contribution in [3.63, 3.8) is 0 Å². The lowest BCUT2D eigenvalue weighted by Crippen LogP contribution is -2.56. The molecular weight excluding hydrogens is 458 g/mol. The lowest BCUT2D eigenvalue weighted by molar-refractivity contribution is -0.384. The molecule has 2 aliphatic carbocycles. The van der Waals surface area contributed by atoms with Crippen LogP contribution in [-0.2, 0) is 0 Å². The number of phenols is 1. The first kappa shape index (κ1) is 22.8. The standard InChI is InChI=1S/C27H31N5O4/c33-21-11-5-18(6-12-21)26-15-28-27(36-26)30-23-4-2-1-3-22(23)29-24-13-17-14-25(24)31(16-17)19-7-9-20(10-8-19)32(34)35/h5-12,15,17,22-25,29,33H,1-4,13-14,16H2,(H,28,30)/t17-,22-,23-,24+,25+/m1/s1. The molecule has 0 spiro atoms. The molecular formula is C27H31N5O4. The number of aromatic nitrogens is 1. The summed E-state index contributed by atoms with van der Waals surface area (Å²) in [6, 6.07) is 15.8. The first-order valence-corrected chi connectivity index (χ1v) is 12.8. The number of nitrogens with zero attached hydrogens (tertiary/aromatic N) is 3. The Morgan fingerprint density at radius 2 is 1.75 bits per heavy atom. The zero-order valence-electron chi connectivity index (χ0n) is 20.0. The fourth-order valence-electron chi connectivity index (χ4n) is 6.30. The van der Waals surface area contributed by atoms with Crippen molar-refractivity contribution < 1.29 is 14.4 Å². The molecule has 188 valence electrons. The minimum Gasteiger partial charge on any atom is -0.508 e. The predicted molar refractivity (Wildman–Crippen MR) is 137 cm³/mol. The molecule has 2 saturated carbocycles. The molecule has 1 saturated heterocycles. The molecule has 36 heavy (non-hydrogen) atoms. The molecule has 3 aliphatic rings. The SMILES string of the molecule is O=[N+]([O-])c1ccc(N2C[C@@H]3C[C@H](N[C@@H]4CCCC[C@H]4Nc4ncc(-c5ccc(O)cc5)o4)[C@@H]2C3)cc1. The van der Waals surface area contributed by atoms with E-state index in [0.29, 0.717) is 35.8 Å². The molecule has 1 aromatic heterocycles. The van der Waals surface area contributed by atoms with E-state index in [9.17, 15) is 15.2 Å². The number of oxazole rings is 1. The topological polar surface area (TPSA) is 117 Å². The average Bonchev–Trinajstić information content (AvgIpc) is 3.62. The first-order chi connectivity index (χ1) is 17.5. The fraction of sp³-hybridized carbons (Fsp3) is 0.444. The Bertz CT molecular complexity index is 1210. The maximum Gasteiger partial charge on any atom is 0.295 e. The average molecular weight is 490 g/mol. The lowest BCUT2D eigenvalue weighted by atomic mass is 9.89. The number of phenolic OH excluding ortho intramolecular Hbond substituents is 1. The van der Waals surface area contributed by atoms with Crippen molar-refractivity contribution in [3.05, 3.63) is 64.8 Å². The van der Waals surface area contributed by atoms with Crippen molar-refractivity contribution in [1.29, 1.82) is 0 Å². The number of nitro benzene ring substituents is 1. The maximum absolute atomic E-state index is 11.0. The molecule has 2 bridgehead atoms. The van der Waals surface area contributed by atoms with Crippen LogP contribution in [0.5, 0.6) is 5.75 Å². The van der Waals surface area contributed by atoms with Gasteiger partial charge in [-0.1, -0.05) is 12.8 Å². The Kier molecular flexibility index (Phi) is 6.00. The van der Waals surface area contributed by atoms with Gasteiger partial charge < -0.3 is 25.1 Å².